The van der Waals surface area contributed by atoms with Gasteiger partial charge in [-0.3, -0.25) is 0 Å². The minimum absolute atomic E-state index is 1.50. The highest BCUT2D eigenvalue weighted by Gasteiger charge is 2.04. The van der Waals surface area contributed by atoms with Crippen molar-refractivity contribution in [2.45, 2.75) is 591 Å². The molecular weight excluding hydrogens is 1110 g/mol. The molecule has 11 rings (SSSR count). The maximum Gasteiger partial charge on any atom is -0.0533 e. The molecule has 0 atom stereocenters. The second-order valence-electron chi connectivity index (χ2n) is 32.5. The first kappa shape index (κ1) is 90.0. The normalized spacial score (nSPS) is 24.0. The predicted molar refractivity (Wildman–Crippen MR) is 425 cm³/mol. The molecule has 0 N–H and O–H groups in total. The summed E-state index contributed by atoms with van der Waals surface area (Å²) in [5, 5.41) is 0. The van der Waals surface area contributed by atoms with Crippen LogP contribution in [-0.4, -0.2) is 0 Å². The zero-order valence-electron chi connectivity index (χ0n) is 65.1. The van der Waals surface area contributed by atoms with Gasteiger partial charge in [-0.1, -0.05) is 591 Å². The van der Waals surface area contributed by atoms with Crippen molar-refractivity contribution in [3.63, 3.8) is 0 Å². The van der Waals surface area contributed by atoms with Crippen molar-refractivity contribution >= 4 is 0 Å². The van der Waals surface area contributed by atoms with Gasteiger partial charge < -0.3 is 0 Å². The molecule has 0 unspecified atom stereocenters. The van der Waals surface area contributed by atoms with E-state index in [2.05, 4.69) is 0 Å². The van der Waals surface area contributed by atoms with Crippen LogP contribution >= 0.6 is 0 Å². The Morgan fingerprint density at radius 2 is 0.0326 bits per heavy atom. The molecule has 0 aromatic heterocycles. The lowest BCUT2D eigenvalue weighted by molar-refractivity contribution is 0.504. The Bertz CT molecular complexity index is 827. The van der Waals surface area contributed by atoms with Crippen LogP contribution in [-0.2, 0) is 0 Å². The highest BCUT2D eigenvalue weighted by molar-refractivity contribution is 4.59. The summed E-state index contributed by atoms with van der Waals surface area (Å²) in [4.78, 5) is 0. The Labute approximate surface area is 587 Å². The number of rotatable bonds is 0. The summed E-state index contributed by atoms with van der Waals surface area (Å²) in [5.41, 5.74) is 0. The third-order valence-electron chi connectivity index (χ3n) is 23.0. The van der Waals surface area contributed by atoms with Crippen LogP contribution in [0, 0.1) is 0 Å². The van der Waals surface area contributed by atoms with E-state index in [9.17, 15) is 0 Å². The van der Waals surface area contributed by atoms with E-state index >= 15 is 0 Å². The summed E-state index contributed by atoms with van der Waals surface area (Å²) in [5.74, 6) is 0. The Kier molecular flexibility index (Phi) is 85.2. The molecule has 0 heteroatoms. The van der Waals surface area contributed by atoms with E-state index in [1.54, 1.807) is 0 Å². The van der Waals surface area contributed by atoms with E-state index in [-0.39, 0.29) is 0 Å². The van der Waals surface area contributed by atoms with Crippen LogP contribution in [0.4, 0.5) is 0 Å². The molecule has 0 aromatic carbocycles. The second kappa shape index (κ2) is 87.1. The van der Waals surface area contributed by atoms with E-state index in [1.165, 1.54) is 591 Å². The van der Waals surface area contributed by atoms with Crippen molar-refractivity contribution in [3.8, 4) is 0 Å². The summed E-state index contributed by atoms with van der Waals surface area (Å²) >= 11 is 0. The number of hydrogen-bond acceptors (Lipinski definition) is 0. The van der Waals surface area contributed by atoms with Gasteiger partial charge in [0.05, 0.1) is 0 Å². The average molecular weight is 1290 g/mol. The molecule has 0 nitrogen and oxygen atoms in total. The molecule has 0 heterocycles. The van der Waals surface area contributed by atoms with Gasteiger partial charge in [0.15, 0.2) is 0 Å². The lowest BCUT2D eigenvalue weighted by Crippen LogP contribution is -1.85. The van der Waals surface area contributed by atoms with Crippen LogP contribution in [0.2, 0.25) is 0 Å². The summed E-state index contributed by atoms with van der Waals surface area (Å²) in [6.07, 6.45) is 138. The SMILES string of the molecule is C1CCC1.C1CCC1.C1CCC1.C1CCC1.C1CCC1.C1CCCCC1.C1CCCCCCC1.C1CCCCCCC1.C1CCCCCCCCC1.C1CCCCCCCCCCCCCCC1.C1CCCCCCCCCCCCCCCCCCCCCCC1. The molecule has 92 heavy (non-hydrogen) atoms. The molecule has 0 aliphatic heterocycles. The van der Waals surface area contributed by atoms with Gasteiger partial charge in [0.2, 0.25) is 0 Å². The van der Waals surface area contributed by atoms with Gasteiger partial charge in [-0.2, -0.15) is 0 Å². The first-order chi connectivity index (χ1) is 46.0. The van der Waals surface area contributed by atoms with Gasteiger partial charge in [-0.25, -0.2) is 0 Å². The fourth-order valence-corrected chi connectivity index (χ4v) is 14.0. The summed E-state index contributed by atoms with van der Waals surface area (Å²) in [6, 6.07) is 0. The van der Waals surface area contributed by atoms with Gasteiger partial charge >= 0.3 is 0 Å². The quantitative estimate of drug-likeness (QED) is 0.227. The first-order valence-electron chi connectivity index (χ1n) is 46.0. The van der Waals surface area contributed by atoms with Crippen molar-refractivity contribution in [2.75, 3.05) is 0 Å². The highest BCUT2D eigenvalue weighted by atomic mass is 14.1. The van der Waals surface area contributed by atoms with Crippen molar-refractivity contribution in [2.24, 2.45) is 0 Å². The third-order valence-corrected chi connectivity index (χ3v) is 23.0. The van der Waals surface area contributed by atoms with Gasteiger partial charge in [0.25, 0.3) is 0 Å². The van der Waals surface area contributed by atoms with Crippen LogP contribution in [0.15, 0.2) is 0 Å². The largest absolute Gasteiger partial charge is 0.0533 e. The monoisotopic (exact) mass is 1290 g/mol. The van der Waals surface area contributed by atoms with Crippen LogP contribution in [0.25, 0.3) is 0 Å². The molecule has 0 radical (unpaired) electrons. The van der Waals surface area contributed by atoms with E-state index < -0.39 is 0 Å². The van der Waals surface area contributed by atoms with Gasteiger partial charge in [0, 0.05) is 0 Å². The lowest BCUT2D eigenvalue weighted by Gasteiger charge is -2.05. The molecule has 0 spiro atoms. The predicted octanol–water partition coefficient (Wildman–Crippen LogP) is 35.9. The molecule has 0 amide bonds. The second-order valence-corrected chi connectivity index (χ2v) is 32.5. The van der Waals surface area contributed by atoms with E-state index in [4.69, 9.17) is 0 Å². The maximum atomic E-state index is 1.50. The Morgan fingerprint density at radius 1 is 0.0217 bits per heavy atom. The molecular formula is C92H184. The Morgan fingerprint density at radius 3 is 0.0435 bits per heavy atom. The fraction of sp³-hybridized carbons (Fsp3) is 1.00. The van der Waals surface area contributed by atoms with Crippen molar-refractivity contribution in [3.05, 3.63) is 0 Å². The molecule has 0 bridgehead atoms. The number of hydrogen-bond donors (Lipinski definition) is 0. The van der Waals surface area contributed by atoms with E-state index in [0.29, 0.717) is 0 Å². The Hall–Kier alpha value is 0. The summed E-state index contributed by atoms with van der Waals surface area (Å²) < 4.78 is 0. The molecule has 11 saturated carbocycles. The topological polar surface area (TPSA) is 0 Å². The fourth-order valence-electron chi connectivity index (χ4n) is 14.0. The smallest absolute Gasteiger partial charge is 0.0533 e. The van der Waals surface area contributed by atoms with Crippen LogP contribution in [0.5, 0.6) is 0 Å². The van der Waals surface area contributed by atoms with Crippen molar-refractivity contribution in [1.82, 2.24) is 0 Å². The molecule has 0 aromatic rings. The van der Waals surface area contributed by atoms with E-state index in [0.717, 1.165) is 0 Å². The lowest BCUT2D eigenvalue weighted by atomic mass is 10.0. The zero-order valence-corrected chi connectivity index (χ0v) is 65.1. The van der Waals surface area contributed by atoms with Gasteiger partial charge in [-0.05, 0) is 0 Å². The van der Waals surface area contributed by atoms with Gasteiger partial charge in [0.1, 0.15) is 0 Å². The molecule has 11 fully saturated rings. The minimum atomic E-state index is 1.50. The summed E-state index contributed by atoms with van der Waals surface area (Å²) in [6.45, 7) is 0. The van der Waals surface area contributed by atoms with Gasteiger partial charge in [-0.15, -0.1) is 0 Å². The van der Waals surface area contributed by atoms with Crippen LogP contribution in [0.3, 0.4) is 0 Å². The van der Waals surface area contributed by atoms with Crippen LogP contribution < -0.4 is 0 Å². The van der Waals surface area contributed by atoms with Crippen LogP contribution in [0.1, 0.15) is 591 Å². The zero-order chi connectivity index (χ0) is 65.1. The molecule has 0 saturated heterocycles. The molecule has 11 aliphatic rings. The standard InChI is InChI=1S/C24H48.C16H32.C10H20.2C8H16.C6H12.5C4H8/c1-2-4-6-8-10-12-14-16-18-20-22-24-23-21-19-17-15-13-11-9-7-5-3-1;1-2-4-6-8-10-12-14-16-15-13-11-9-7-5-3-1;1-2-4-6-8-10-9-7-5-3-1;2*1-2-4-6-8-7-5-3-1;1-2-4-6-5-3-1;5*1-2-4-3-1/h1-24H2;1-16H2;1-10H2;2*1-8H2;1-6H2;5*1-4H2. The third kappa shape index (κ3) is 84.2. The average Bonchev–Trinajstić information content (AvgIpc) is 3.47. The highest BCUT2D eigenvalue weighted by Crippen LogP contribution is 2.23. The Balaban J connectivity index is 0.000000540. The molecule has 11 aliphatic carbocycles. The van der Waals surface area contributed by atoms with Crippen molar-refractivity contribution in [1.29, 1.82) is 0 Å². The maximum absolute atomic E-state index is 1.50. The van der Waals surface area contributed by atoms with Crippen molar-refractivity contribution < 1.29 is 0 Å². The van der Waals surface area contributed by atoms with E-state index in [1.807, 2.05) is 0 Å². The minimum Gasteiger partial charge on any atom is -0.0533 e. The summed E-state index contributed by atoms with van der Waals surface area (Å²) in [7, 11) is 0. The first-order valence-corrected chi connectivity index (χ1v) is 46.0. The molecule has 552 valence electrons.